The van der Waals surface area contributed by atoms with Gasteiger partial charge >= 0.3 is 0 Å². The summed E-state index contributed by atoms with van der Waals surface area (Å²) in [6.07, 6.45) is 0. The fourth-order valence-corrected chi connectivity index (χ4v) is 3.16. The summed E-state index contributed by atoms with van der Waals surface area (Å²) in [4.78, 5) is 0.0324. The molecule has 0 atom stereocenters. The highest BCUT2D eigenvalue weighted by atomic mass is 32.2. The maximum atomic E-state index is 12.6. The first kappa shape index (κ1) is 17.7. The van der Waals surface area contributed by atoms with E-state index in [2.05, 4.69) is 4.72 Å². The summed E-state index contributed by atoms with van der Waals surface area (Å²) in [6.45, 7) is 0. The standard InChI is InChI=1S/C16H19NO6S/c1-20-11-5-7-14(21-2)13(9-11)17-24(18,19)12-6-8-15(22-3)16(10-12)23-4/h5-10,17H,1-4H3. The van der Waals surface area contributed by atoms with Crippen molar-refractivity contribution in [1.82, 2.24) is 0 Å². The van der Waals surface area contributed by atoms with Crippen molar-refractivity contribution in [2.75, 3.05) is 33.2 Å². The maximum Gasteiger partial charge on any atom is 0.262 e. The third kappa shape index (κ3) is 3.65. The normalized spacial score (nSPS) is 10.8. The minimum atomic E-state index is -3.85. The number of hydrogen-bond acceptors (Lipinski definition) is 6. The number of nitrogens with one attached hydrogen (secondary N) is 1. The van der Waals surface area contributed by atoms with Gasteiger partial charge in [0.2, 0.25) is 0 Å². The van der Waals surface area contributed by atoms with E-state index in [0.717, 1.165) is 0 Å². The zero-order valence-corrected chi connectivity index (χ0v) is 14.6. The van der Waals surface area contributed by atoms with Gasteiger partial charge in [-0.25, -0.2) is 8.42 Å². The molecule has 0 heterocycles. The second-order valence-corrected chi connectivity index (χ2v) is 6.37. The molecule has 0 aliphatic heterocycles. The average molecular weight is 353 g/mol. The predicted molar refractivity (Wildman–Crippen MR) is 89.9 cm³/mol. The van der Waals surface area contributed by atoms with E-state index >= 15 is 0 Å². The molecule has 7 nitrogen and oxygen atoms in total. The Bertz CT molecular complexity index is 819. The van der Waals surface area contributed by atoms with E-state index in [-0.39, 0.29) is 10.6 Å². The van der Waals surface area contributed by atoms with Crippen LogP contribution >= 0.6 is 0 Å². The molecule has 0 bridgehead atoms. The summed E-state index contributed by atoms with van der Waals surface area (Å²) >= 11 is 0. The second-order valence-electron chi connectivity index (χ2n) is 4.69. The third-order valence-electron chi connectivity index (χ3n) is 3.32. The summed E-state index contributed by atoms with van der Waals surface area (Å²) < 4.78 is 48.3. The van der Waals surface area contributed by atoms with Crippen LogP contribution < -0.4 is 23.7 Å². The molecular formula is C16H19NO6S. The molecule has 0 aliphatic carbocycles. The number of benzene rings is 2. The highest BCUT2D eigenvalue weighted by Gasteiger charge is 2.19. The molecule has 0 spiro atoms. The molecule has 8 heteroatoms. The molecule has 0 amide bonds. The van der Waals surface area contributed by atoms with E-state index < -0.39 is 10.0 Å². The van der Waals surface area contributed by atoms with Crippen molar-refractivity contribution in [3.63, 3.8) is 0 Å². The van der Waals surface area contributed by atoms with Crippen LogP contribution in [0, 0.1) is 0 Å². The molecule has 130 valence electrons. The lowest BCUT2D eigenvalue weighted by Gasteiger charge is -2.14. The lowest BCUT2D eigenvalue weighted by atomic mass is 10.3. The van der Waals surface area contributed by atoms with Crippen LogP contribution in [-0.4, -0.2) is 36.9 Å². The van der Waals surface area contributed by atoms with Crippen LogP contribution in [0.1, 0.15) is 0 Å². The largest absolute Gasteiger partial charge is 0.497 e. The highest BCUT2D eigenvalue weighted by molar-refractivity contribution is 7.92. The molecule has 0 aromatic heterocycles. The van der Waals surface area contributed by atoms with Gasteiger partial charge in [0.25, 0.3) is 10.0 Å². The van der Waals surface area contributed by atoms with Gasteiger partial charge in [-0.05, 0) is 24.3 Å². The topological polar surface area (TPSA) is 83.1 Å². The van der Waals surface area contributed by atoms with Crippen molar-refractivity contribution in [2.45, 2.75) is 4.90 Å². The molecule has 0 radical (unpaired) electrons. The predicted octanol–water partition coefficient (Wildman–Crippen LogP) is 2.52. The molecule has 0 saturated carbocycles. The van der Waals surface area contributed by atoms with Gasteiger partial charge in [0, 0.05) is 12.1 Å². The summed E-state index contributed by atoms with van der Waals surface area (Å²) in [5.74, 6) is 1.63. The van der Waals surface area contributed by atoms with E-state index in [0.29, 0.717) is 23.0 Å². The number of ether oxygens (including phenoxy) is 4. The molecular weight excluding hydrogens is 334 g/mol. The van der Waals surface area contributed by atoms with Gasteiger partial charge in [-0.1, -0.05) is 0 Å². The lowest BCUT2D eigenvalue weighted by Crippen LogP contribution is -2.14. The molecule has 0 fully saturated rings. The number of rotatable bonds is 7. The van der Waals surface area contributed by atoms with Gasteiger partial charge < -0.3 is 18.9 Å². The molecule has 2 aromatic carbocycles. The van der Waals surface area contributed by atoms with Crippen LogP contribution in [0.4, 0.5) is 5.69 Å². The van der Waals surface area contributed by atoms with Crippen LogP contribution in [0.15, 0.2) is 41.3 Å². The van der Waals surface area contributed by atoms with E-state index in [1.54, 1.807) is 12.1 Å². The average Bonchev–Trinajstić information content (AvgIpc) is 2.60. The SMILES string of the molecule is COc1ccc(OC)c(NS(=O)(=O)c2ccc(OC)c(OC)c2)c1. The Morgan fingerprint density at radius 2 is 1.38 bits per heavy atom. The molecule has 0 aliphatic rings. The molecule has 2 rings (SSSR count). The van der Waals surface area contributed by atoms with E-state index in [1.165, 1.54) is 52.7 Å². The number of sulfonamides is 1. The Labute approximate surface area is 141 Å². The minimum Gasteiger partial charge on any atom is -0.497 e. The quantitative estimate of drug-likeness (QED) is 0.823. The zero-order chi connectivity index (χ0) is 17.7. The maximum absolute atomic E-state index is 12.6. The molecule has 24 heavy (non-hydrogen) atoms. The van der Waals surface area contributed by atoms with Crippen molar-refractivity contribution in [3.8, 4) is 23.0 Å². The first-order valence-electron chi connectivity index (χ1n) is 6.92. The Morgan fingerprint density at radius 1 is 0.750 bits per heavy atom. The smallest absolute Gasteiger partial charge is 0.262 e. The van der Waals surface area contributed by atoms with Crippen LogP contribution in [0.2, 0.25) is 0 Å². The monoisotopic (exact) mass is 353 g/mol. The van der Waals surface area contributed by atoms with E-state index in [4.69, 9.17) is 18.9 Å². The third-order valence-corrected chi connectivity index (χ3v) is 4.68. The van der Waals surface area contributed by atoms with Gasteiger partial charge in [0.15, 0.2) is 11.5 Å². The fraction of sp³-hybridized carbons (Fsp3) is 0.250. The van der Waals surface area contributed by atoms with E-state index in [1.807, 2.05) is 0 Å². The van der Waals surface area contributed by atoms with Crippen molar-refractivity contribution < 1.29 is 27.4 Å². The number of methoxy groups -OCH3 is 4. The second kappa shape index (κ2) is 7.31. The summed E-state index contributed by atoms with van der Waals surface area (Å²) in [5, 5.41) is 0. The Balaban J connectivity index is 2.42. The van der Waals surface area contributed by atoms with Crippen LogP contribution in [0.3, 0.4) is 0 Å². The lowest BCUT2D eigenvalue weighted by molar-refractivity contribution is 0.354. The molecule has 2 aromatic rings. The summed E-state index contributed by atoms with van der Waals surface area (Å²) in [7, 11) is 2.01. The highest BCUT2D eigenvalue weighted by Crippen LogP contribution is 2.33. The molecule has 0 saturated heterocycles. The van der Waals surface area contributed by atoms with Gasteiger partial charge in [0.05, 0.1) is 39.0 Å². The minimum absolute atomic E-state index is 0.0324. The van der Waals surface area contributed by atoms with Crippen LogP contribution in [0.5, 0.6) is 23.0 Å². The van der Waals surface area contributed by atoms with Crippen molar-refractivity contribution in [2.24, 2.45) is 0 Å². The van der Waals surface area contributed by atoms with Crippen LogP contribution in [-0.2, 0) is 10.0 Å². The Kier molecular flexibility index (Phi) is 5.40. The van der Waals surface area contributed by atoms with Crippen molar-refractivity contribution in [3.05, 3.63) is 36.4 Å². The summed E-state index contributed by atoms with van der Waals surface area (Å²) in [6, 6.07) is 9.16. The number of anilines is 1. The molecule has 0 unspecified atom stereocenters. The van der Waals surface area contributed by atoms with Gasteiger partial charge in [-0.3, -0.25) is 4.72 Å². The molecule has 1 N–H and O–H groups in total. The van der Waals surface area contributed by atoms with Crippen molar-refractivity contribution >= 4 is 15.7 Å². The number of hydrogen-bond donors (Lipinski definition) is 1. The summed E-state index contributed by atoms with van der Waals surface area (Å²) in [5.41, 5.74) is 0.270. The van der Waals surface area contributed by atoms with E-state index in [9.17, 15) is 8.42 Å². The van der Waals surface area contributed by atoms with Gasteiger partial charge in [-0.2, -0.15) is 0 Å². The Hall–Kier alpha value is -2.61. The zero-order valence-electron chi connectivity index (χ0n) is 13.8. The first-order valence-corrected chi connectivity index (χ1v) is 8.40. The van der Waals surface area contributed by atoms with Gasteiger partial charge in [-0.15, -0.1) is 0 Å². The Morgan fingerprint density at radius 3 is 1.96 bits per heavy atom. The van der Waals surface area contributed by atoms with Gasteiger partial charge in [0.1, 0.15) is 11.5 Å². The fourth-order valence-electron chi connectivity index (χ4n) is 2.08. The van der Waals surface area contributed by atoms with Crippen molar-refractivity contribution in [1.29, 1.82) is 0 Å². The first-order chi connectivity index (χ1) is 11.4. The van der Waals surface area contributed by atoms with Crippen LogP contribution in [0.25, 0.3) is 0 Å².